The molecule has 0 unspecified atom stereocenters. The van der Waals surface area contributed by atoms with Crippen LogP contribution in [-0.2, 0) is 13.3 Å². The number of alkyl halides is 12. The fraction of sp³-hybridized carbons (Fsp3) is 0.846. The Morgan fingerprint density at radius 3 is 1.31 bits per heavy atom. The van der Waals surface area contributed by atoms with Gasteiger partial charge in [0.15, 0.2) is 0 Å². The first-order chi connectivity index (χ1) is 12.7. The molecule has 0 aliphatic carbocycles. The van der Waals surface area contributed by atoms with Crippen molar-refractivity contribution in [2.45, 2.75) is 48.0 Å². The third-order valence-electron chi connectivity index (χ3n) is 4.00. The maximum atomic E-state index is 13.8. The maximum Gasteiger partial charge on any atom is 0.500 e. The van der Waals surface area contributed by atoms with Crippen LogP contribution in [0.15, 0.2) is 12.7 Å². The highest BCUT2D eigenvalue weighted by molar-refractivity contribution is 6.60. The van der Waals surface area contributed by atoms with Crippen molar-refractivity contribution in [2.24, 2.45) is 0 Å². The van der Waals surface area contributed by atoms with Gasteiger partial charge in [0.05, 0.1) is 0 Å². The third-order valence-corrected chi connectivity index (χ3v) is 6.72. The summed E-state index contributed by atoms with van der Waals surface area (Å²) < 4.78 is 175. The first kappa shape index (κ1) is 28.0. The lowest BCUT2D eigenvalue weighted by atomic mass is 9.90. The molecule has 0 N–H and O–H groups in total. The van der Waals surface area contributed by atoms with E-state index < -0.39 is 62.9 Å². The maximum absolute atomic E-state index is 13.8. The van der Waals surface area contributed by atoms with Crippen molar-refractivity contribution >= 4 is 8.80 Å². The third kappa shape index (κ3) is 4.25. The van der Waals surface area contributed by atoms with Gasteiger partial charge in [-0.3, -0.25) is 0 Å². The summed E-state index contributed by atoms with van der Waals surface area (Å²) in [6, 6.07) is -1.33. The molecule has 0 spiro atoms. The van der Waals surface area contributed by atoms with Gasteiger partial charge in [-0.15, -0.1) is 0 Å². The van der Waals surface area contributed by atoms with E-state index in [4.69, 9.17) is 0 Å². The van der Waals surface area contributed by atoms with Crippen LogP contribution in [0.2, 0.25) is 6.04 Å². The topological polar surface area (TPSA) is 27.7 Å². The number of rotatable bonds is 12. The SMILES string of the molecule is C=CC(F)(F)C(F)(F)C(F)(F)C(F)(F)C(F)(F)C(F)(F)CC[Si](OC)(OC)OC. The lowest BCUT2D eigenvalue weighted by Gasteiger charge is -2.41. The highest BCUT2D eigenvalue weighted by atomic mass is 28.4. The molecule has 0 radical (unpaired) electrons. The molecule has 0 aliphatic rings. The largest absolute Gasteiger partial charge is 0.500 e. The average molecular weight is 476 g/mol. The number of hydrogen-bond acceptors (Lipinski definition) is 3. The molecule has 3 nitrogen and oxygen atoms in total. The molecule has 174 valence electrons. The molecule has 0 amide bonds. The Labute approximate surface area is 158 Å². The predicted molar refractivity (Wildman–Crippen MR) is 76.1 cm³/mol. The van der Waals surface area contributed by atoms with Gasteiger partial charge >= 0.3 is 44.3 Å². The van der Waals surface area contributed by atoms with Crippen LogP contribution in [0.4, 0.5) is 52.7 Å². The minimum atomic E-state index is -7.61. The van der Waals surface area contributed by atoms with E-state index in [2.05, 4.69) is 13.3 Å². The van der Waals surface area contributed by atoms with Gasteiger partial charge in [-0.1, -0.05) is 6.58 Å². The second-order valence-electron chi connectivity index (χ2n) is 5.62. The highest BCUT2D eigenvalue weighted by Crippen LogP contribution is 2.60. The summed E-state index contributed by atoms with van der Waals surface area (Å²) in [7, 11) is -1.66. The molecule has 0 heterocycles. The summed E-state index contributed by atoms with van der Waals surface area (Å²) in [6.07, 6.45) is -3.56. The lowest BCUT2D eigenvalue weighted by molar-refractivity contribution is -0.420. The second kappa shape index (κ2) is 8.26. The predicted octanol–water partition coefficient (Wildman–Crippen LogP) is 5.25. The first-order valence-corrected chi connectivity index (χ1v) is 9.19. The van der Waals surface area contributed by atoms with Crippen molar-refractivity contribution in [3.05, 3.63) is 12.7 Å². The summed E-state index contributed by atoms with van der Waals surface area (Å²) in [5.74, 6) is -41.8. The van der Waals surface area contributed by atoms with Gasteiger partial charge < -0.3 is 13.3 Å². The zero-order valence-corrected chi connectivity index (χ0v) is 16.0. The first-order valence-electron chi connectivity index (χ1n) is 7.26. The van der Waals surface area contributed by atoms with E-state index in [9.17, 15) is 52.7 Å². The molecule has 0 saturated carbocycles. The average Bonchev–Trinajstić information content (AvgIpc) is 2.62. The van der Waals surface area contributed by atoms with Crippen LogP contribution in [0.1, 0.15) is 6.42 Å². The molecule has 0 aromatic heterocycles. The molecule has 0 aliphatic heterocycles. The Morgan fingerprint density at radius 2 is 1.00 bits per heavy atom. The van der Waals surface area contributed by atoms with Crippen molar-refractivity contribution < 1.29 is 66.0 Å². The van der Waals surface area contributed by atoms with Crippen LogP contribution in [0, 0.1) is 0 Å². The summed E-state index contributed by atoms with van der Waals surface area (Å²) >= 11 is 0. The summed E-state index contributed by atoms with van der Waals surface area (Å²) in [5, 5.41) is 0. The van der Waals surface area contributed by atoms with Crippen LogP contribution in [0.3, 0.4) is 0 Å². The fourth-order valence-electron chi connectivity index (χ4n) is 1.98. The van der Waals surface area contributed by atoms with E-state index in [0.717, 1.165) is 21.3 Å². The van der Waals surface area contributed by atoms with E-state index in [-0.39, 0.29) is 0 Å². The van der Waals surface area contributed by atoms with E-state index in [1.807, 2.05) is 6.58 Å². The quantitative estimate of drug-likeness (QED) is 0.219. The number of allylic oxidation sites excluding steroid dienone is 1. The molecule has 0 aromatic carbocycles. The molecule has 0 fully saturated rings. The minimum Gasteiger partial charge on any atom is -0.377 e. The van der Waals surface area contributed by atoms with E-state index in [0.29, 0.717) is 0 Å². The van der Waals surface area contributed by atoms with Crippen LogP contribution in [0.25, 0.3) is 0 Å². The second-order valence-corrected chi connectivity index (χ2v) is 8.72. The Hall–Kier alpha value is -1.00. The van der Waals surface area contributed by atoms with Gasteiger partial charge in [0, 0.05) is 33.8 Å². The zero-order chi connectivity index (χ0) is 23.7. The van der Waals surface area contributed by atoms with Crippen molar-refractivity contribution in [1.29, 1.82) is 0 Å². The molecule has 29 heavy (non-hydrogen) atoms. The summed E-state index contributed by atoms with van der Waals surface area (Å²) in [6.45, 7) is 2.01. The van der Waals surface area contributed by atoms with Gasteiger partial charge in [-0.2, -0.15) is 52.7 Å². The highest BCUT2D eigenvalue weighted by Gasteiger charge is 2.89. The molecular formula is C13H16F12O3Si. The van der Waals surface area contributed by atoms with Crippen molar-refractivity contribution in [3.8, 4) is 0 Å². The van der Waals surface area contributed by atoms with Gasteiger partial charge in [0.25, 0.3) is 0 Å². The summed E-state index contributed by atoms with van der Waals surface area (Å²) in [4.78, 5) is 0. The smallest absolute Gasteiger partial charge is 0.377 e. The normalized spacial score (nSPS) is 15.6. The van der Waals surface area contributed by atoms with Gasteiger partial charge in [-0.05, 0) is 6.08 Å². The standard InChI is InChI=1S/C13H16F12O3Si/c1-5-8(14,15)10(18,19)12(22,23)13(24,25)11(20,21)9(16,17)6-7-29(26-2,27-3)28-4/h5H,1,6-7H2,2-4H3. The molecule has 0 aromatic rings. The van der Waals surface area contributed by atoms with Crippen molar-refractivity contribution in [1.82, 2.24) is 0 Å². The van der Waals surface area contributed by atoms with E-state index in [1.165, 1.54) is 0 Å². The molecular weight excluding hydrogens is 460 g/mol. The van der Waals surface area contributed by atoms with Crippen LogP contribution >= 0.6 is 0 Å². The monoisotopic (exact) mass is 476 g/mol. The molecule has 0 atom stereocenters. The van der Waals surface area contributed by atoms with Gasteiger partial charge in [0.2, 0.25) is 0 Å². The Kier molecular flexibility index (Phi) is 7.97. The Bertz CT molecular complexity index is 569. The summed E-state index contributed by atoms with van der Waals surface area (Å²) in [5.41, 5.74) is 0. The van der Waals surface area contributed by atoms with Crippen LogP contribution < -0.4 is 0 Å². The minimum absolute atomic E-state index is 0.816. The molecule has 0 rings (SSSR count). The number of hydrogen-bond donors (Lipinski definition) is 0. The zero-order valence-electron chi connectivity index (χ0n) is 15.0. The molecule has 0 saturated heterocycles. The van der Waals surface area contributed by atoms with Crippen molar-refractivity contribution in [3.63, 3.8) is 0 Å². The van der Waals surface area contributed by atoms with E-state index >= 15 is 0 Å². The van der Waals surface area contributed by atoms with Gasteiger partial charge in [-0.25, -0.2) is 0 Å². The van der Waals surface area contributed by atoms with Crippen molar-refractivity contribution in [2.75, 3.05) is 21.3 Å². The Balaban J connectivity index is 6.15. The van der Waals surface area contributed by atoms with Gasteiger partial charge in [0.1, 0.15) is 0 Å². The number of halogens is 12. The fourth-order valence-corrected chi connectivity index (χ4v) is 3.72. The van der Waals surface area contributed by atoms with E-state index in [1.54, 1.807) is 0 Å². The Morgan fingerprint density at radius 1 is 0.655 bits per heavy atom. The van der Waals surface area contributed by atoms with Crippen LogP contribution in [-0.4, -0.2) is 65.7 Å². The lowest BCUT2D eigenvalue weighted by Crippen LogP contribution is -2.70. The van der Waals surface area contributed by atoms with Crippen LogP contribution in [0.5, 0.6) is 0 Å². The molecule has 0 bridgehead atoms. The molecule has 16 heteroatoms.